The van der Waals surface area contributed by atoms with Crippen molar-refractivity contribution in [1.82, 2.24) is 4.98 Å². The molecule has 0 spiro atoms. The number of pyridine rings is 1. The SMILES string of the molecule is COS(=O)N(C(=O)c1ccc(C)cc1)c1cc(C)ncc1C(N)=S. The van der Waals surface area contributed by atoms with E-state index in [2.05, 4.69) is 4.98 Å². The maximum absolute atomic E-state index is 12.9. The van der Waals surface area contributed by atoms with E-state index in [1.807, 2.05) is 6.92 Å². The number of nitrogens with zero attached hydrogens (tertiary/aromatic N) is 2. The zero-order valence-electron chi connectivity index (χ0n) is 13.5. The van der Waals surface area contributed by atoms with Crippen LogP contribution in [0.25, 0.3) is 0 Å². The molecule has 126 valence electrons. The Morgan fingerprint density at radius 2 is 1.92 bits per heavy atom. The monoisotopic (exact) mass is 363 g/mol. The van der Waals surface area contributed by atoms with Gasteiger partial charge in [-0.1, -0.05) is 29.9 Å². The Morgan fingerprint density at radius 3 is 2.46 bits per heavy atom. The zero-order chi connectivity index (χ0) is 17.9. The lowest BCUT2D eigenvalue weighted by molar-refractivity contribution is 0.100. The number of hydrogen-bond donors (Lipinski definition) is 1. The summed E-state index contributed by atoms with van der Waals surface area (Å²) in [6, 6.07) is 8.51. The first-order valence-corrected chi connectivity index (χ1v) is 8.43. The minimum absolute atomic E-state index is 0.0484. The van der Waals surface area contributed by atoms with Gasteiger partial charge in [-0.15, -0.1) is 0 Å². The normalized spacial score (nSPS) is 11.8. The number of carbonyl (C=O) groups excluding carboxylic acids is 1. The lowest BCUT2D eigenvalue weighted by atomic mass is 10.1. The molecule has 2 aromatic rings. The molecule has 1 atom stereocenters. The molecule has 1 amide bonds. The van der Waals surface area contributed by atoms with Crippen LogP contribution < -0.4 is 10.0 Å². The second-order valence-corrected chi connectivity index (χ2v) is 6.63. The van der Waals surface area contributed by atoms with Gasteiger partial charge in [0.25, 0.3) is 17.2 Å². The average Bonchev–Trinajstić information content (AvgIpc) is 2.55. The molecule has 0 bridgehead atoms. The number of hydrogen-bond acceptors (Lipinski definition) is 5. The molecule has 1 unspecified atom stereocenters. The Balaban J connectivity index is 2.60. The first kappa shape index (κ1) is 18.2. The molecule has 8 heteroatoms. The molecule has 0 aliphatic rings. The van der Waals surface area contributed by atoms with Gasteiger partial charge in [0.2, 0.25) is 0 Å². The van der Waals surface area contributed by atoms with Crippen molar-refractivity contribution in [3.63, 3.8) is 0 Å². The van der Waals surface area contributed by atoms with E-state index >= 15 is 0 Å². The quantitative estimate of drug-likeness (QED) is 0.820. The largest absolute Gasteiger partial charge is 0.389 e. The summed E-state index contributed by atoms with van der Waals surface area (Å²) < 4.78 is 18.3. The van der Waals surface area contributed by atoms with Gasteiger partial charge in [0.1, 0.15) is 4.99 Å². The van der Waals surface area contributed by atoms with E-state index in [1.54, 1.807) is 37.3 Å². The standard InChI is InChI=1S/C16H17N3O3S2/c1-10-4-6-12(7-5-10)16(20)19(24(21)22-3)14-8-11(2)18-9-13(14)15(17)23/h4-9H,1-3H3,(H2,17,23). The highest BCUT2D eigenvalue weighted by atomic mass is 32.2. The van der Waals surface area contributed by atoms with Crippen molar-refractivity contribution >= 4 is 40.1 Å². The molecule has 0 radical (unpaired) electrons. The van der Waals surface area contributed by atoms with Gasteiger partial charge in [-0.3, -0.25) is 14.0 Å². The summed E-state index contributed by atoms with van der Waals surface area (Å²) in [5.74, 6) is -0.488. The van der Waals surface area contributed by atoms with Crippen molar-refractivity contribution < 1.29 is 13.2 Å². The van der Waals surface area contributed by atoms with Crippen LogP contribution in [0.4, 0.5) is 5.69 Å². The Morgan fingerprint density at radius 1 is 1.29 bits per heavy atom. The van der Waals surface area contributed by atoms with E-state index in [0.717, 1.165) is 9.87 Å². The van der Waals surface area contributed by atoms with Crippen LogP contribution in [-0.2, 0) is 15.4 Å². The van der Waals surface area contributed by atoms with Crippen molar-refractivity contribution in [2.75, 3.05) is 11.4 Å². The maximum Gasteiger partial charge on any atom is 0.272 e. The molecule has 2 N–H and O–H groups in total. The fourth-order valence-corrected chi connectivity index (χ4v) is 2.91. The smallest absolute Gasteiger partial charge is 0.272 e. The summed E-state index contributed by atoms with van der Waals surface area (Å²) in [7, 11) is 1.25. The van der Waals surface area contributed by atoms with E-state index in [0.29, 0.717) is 22.5 Å². The minimum atomic E-state index is -2.05. The highest BCUT2D eigenvalue weighted by molar-refractivity contribution is 7.82. The van der Waals surface area contributed by atoms with Crippen LogP contribution in [-0.4, -0.2) is 27.2 Å². The fourth-order valence-electron chi connectivity index (χ4n) is 2.05. The van der Waals surface area contributed by atoms with Crippen molar-refractivity contribution in [1.29, 1.82) is 0 Å². The van der Waals surface area contributed by atoms with Gasteiger partial charge in [0.05, 0.1) is 18.4 Å². The average molecular weight is 363 g/mol. The van der Waals surface area contributed by atoms with E-state index < -0.39 is 17.2 Å². The van der Waals surface area contributed by atoms with E-state index in [-0.39, 0.29) is 4.99 Å². The van der Waals surface area contributed by atoms with Crippen LogP contribution in [0.2, 0.25) is 0 Å². The number of thiocarbonyl (C=S) groups is 1. The number of anilines is 1. The van der Waals surface area contributed by atoms with Gasteiger partial charge in [-0.25, -0.2) is 8.51 Å². The van der Waals surface area contributed by atoms with E-state index in [1.165, 1.54) is 13.3 Å². The van der Waals surface area contributed by atoms with Crippen LogP contribution in [0.1, 0.15) is 27.2 Å². The molecule has 1 heterocycles. The number of aryl methyl sites for hydroxylation is 2. The molecule has 6 nitrogen and oxygen atoms in total. The molecule has 1 aromatic heterocycles. The number of carbonyl (C=O) groups is 1. The molecule has 1 aromatic carbocycles. The van der Waals surface area contributed by atoms with E-state index in [9.17, 15) is 9.00 Å². The van der Waals surface area contributed by atoms with Gasteiger partial charge >= 0.3 is 0 Å². The minimum Gasteiger partial charge on any atom is -0.389 e. The summed E-state index contributed by atoms with van der Waals surface area (Å²) in [4.78, 5) is 17.1. The number of rotatable bonds is 5. The van der Waals surface area contributed by atoms with Gasteiger partial charge in [-0.2, -0.15) is 0 Å². The fraction of sp³-hybridized carbons (Fsp3) is 0.188. The van der Waals surface area contributed by atoms with Crippen LogP contribution in [0.3, 0.4) is 0 Å². The number of aromatic nitrogens is 1. The zero-order valence-corrected chi connectivity index (χ0v) is 15.1. The highest BCUT2D eigenvalue weighted by Crippen LogP contribution is 2.25. The van der Waals surface area contributed by atoms with Gasteiger partial charge in [0, 0.05) is 17.5 Å². The molecular weight excluding hydrogens is 346 g/mol. The summed E-state index contributed by atoms with van der Waals surface area (Å²) >= 11 is 2.97. The third kappa shape index (κ3) is 3.84. The number of benzene rings is 1. The molecule has 0 aliphatic heterocycles. The van der Waals surface area contributed by atoms with Gasteiger partial charge < -0.3 is 5.73 Å². The maximum atomic E-state index is 12.9. The van der Waals surface area contributed by atoms with Crippen molar-refractivity contribution in [2.24, 2.45) is 5.73 Å². The van der Waals surface area contributed by atoms with Crippen molar-refractivity contribution in [2.45, 2.75) is 13.8 Å². The van der Waals surface area contributed by atoms with Crippen LogP contribution in [0.15, 0.2) is 36.5 Å². The highest BCUT2D eigenvalue weighted by Gasteiger charge is 2.27. The molecule has 24 heavy (non-hydrogen) atoms. The number of amides is 1. The summed E-state index contributed by atoms with van der Waals surface area (Å²) in [5, 5.41) is 0. The molecule has 2 rings (SSSR count). The molecule has 0 saturated carbocycles. The predicted octanol–water partition coefficient (Wildman–Crippen LogP) is 2.20. The van der Waals surface area contributed by atoms with Crippen molar-refractivity contribution in [3.8, 4) is 0 Å². The van der Waals surface area contributed by atoms with Crippen LogP contribution in [0, 0.1) is 13.8 Å². The molecule has 0 fully saturated rings. The topological polar surface area (TPSA) is 85.5 Å². The Kier molecular flexibility index (Phi) is 5.76. The van der Waals surface area contributed by atoms with Gasteiger partial charge in [-0.05, 0) is 32.0 Å². The van der Waals surface area contributed by atoms with Gasteiger partial charge in [0.15, 0.2) is 0 Å². The Hall–Kier alpha value is -2.16. The van der Waals surface area contributed by atoms with E-state index in [4.69, 9.17) is 22.1 Å². The second kappa shape index (κ2) is 7.61. The molecule has 0 aliphatic carbocycles. The molecule has 0 saturated heterocycles. The van der Waals surface area contributed by atoms with Crippen molar-refractivity contribution in [3.05, 3.63) is 58.9 Å². The summed E-state index contributed by atoms with van der Waals surface area (Å²) in [6.07, 6.45) is 1.45. The van der Waals surface area contributed by atoms with Crippen LogP contribution >= 0.6 is 12.2 Å². The summed E-state index contributed by atoms with van der Waals surface area (Å²) in [6.45, 7) is 3.66. The lowest BCUT2D eigenvalue weighted by Gasteiger charge is -2.22. The molecular formula is C16H17N3O3S2. The third-order valence-electron chi connectivity index (χ3n) is 3.28. The first-order valence-electron chi connectivity index (χ1n) is 6.99. The third-order valence-corrected chi connectivity index (χ3v) is 4.44. The Bertz CT molecular complexity index is 807. The second-order valence-electron chi connectivity index (χ2n) is 5.06. The first-order chi connectivity index (χ1) is 11.3. The number of nitrogens with two attached hydrogens (primary N) is 1. The predicted molar refractivity (Wildman–Crippen MR) is 98.0 cm³/mol. The van der Waals surface area contributed by atoms with Crippen LogP contribution in [0.5, 0.6) is 0 Å². The summed E-state index contributed by atoms with van der Waals surface area (Å²) in [5.41, 5.74) is 8.36. The Labute approximate surface area is 148 Å². The lowest BCUT2D eigenvalue weighted by Crippen LogP contribution is -2.35.